The third-order valence-electron chi connectivity index (χ3n) is 2.54. The zero-order valence-corrected chi connectivity index (χ0v) is 12.3. The van der Waals surface area contributed by atoms with Crippen molar-refractivity contribution in [2.75, 3.05) is 6.54 Å². The van der Waals surface area contributed by atoms with Crippen LogP contribution in [0.25, 0.3) is 0 Å². The van der Waals surface area contributed by atoms with Crippen LogP contribution in [0.2, 0.25) is 0 Å². The molecule has 9 heteroatoms. The third-order valence-corrected chi connectivity index (χ3v) is 3.41. The Morgan fingerprint density at radius 2 is 2.33 bits per heavy atom. The van der Waals surface area contributed by atoms with Crippen LogP contribution in [0.5, 0.6) is 0 Å². The number of aryl methyl sites for hydroxylation is 1. The van der Waals surface area contributed by atoms with Crippen LogP contribution >= 0.6 is 11.3 Å². The molecule has 2 heterocycles. The van der Waals surface area contributed by atoms with E-state index < -0.39 is 5.97 Å². The topological polar surface area (TPSA) is 99.0 Å². The number of hydrogen-bond acceptors (Lipinski definition) is 7. The lowest BCUT2D eigenvalue weighted by molar-refractivity contribution is -0.144. The van der Waals surface area contributed by atoms with Gasteiger partial charge in [-0.3, -0.25) is 9.59 Å². The van der Waals surface area contributed by atoms with Crippen LogP contribution in [0.4, 0.5) is 0 Å². The Labute approximate surface area is 125 Å². The van der Waals surface area contributed by atoms with E-state index in [0.717, 1.165) is 6.42 Å². The normalized spacial score (nSPS) is 10.3. The Morgan fingerprint density at radius 1 is 1.48 bits per heavy atom. The molecule has 21 heavy (non-hydrogen) atoms. The van der Waals surface area contributed by atoms with E-state index in [4.69, 9.17) is 4.74 Å². The molecule has 112 valence electrons. The Balaban J connectivity index is 1.75. The fourth-order valence-electron chi connectivity index (χ4n) is 1.56. The summed E-state index contributed by atoms with van der Waals surface area (Å²) in [6.45, 7) is 2.46. The van der Waals surface area contributed by atoms with E-state index in [1.807, 2.05) is 6.92 Å². The Morgan fingerprint density at radius 3 is 3.05 bits per heavy atom. The molecule has 8 nitrogen and oxygen atoms in total. The van der Waals surface area contributed by atoms with Crippen molar-refractivity contribution in [1.82, 2.24) is 25.5 Å². The largest absolute Gasteiger partial charge is 0.456 e. The number of carbonyl (C=O) groups is 2. The summed E-state index contributed by atoms with van der Waals surface area (Å²) in [5.41, 5.74) is 0. The molecule has 2 aromatic rings. The SMILES string of the molecule is CCCn1nnnc1COC(=O)CNC(=O)c1cccs1. The van der Waals surface area contributed by atoms with Crippen molar-refractivity contribution in [2.24, 2.45) is 0 Å². The zero-order chi connectivity index (χ0) is 15.1. The van der Waals surface area contributed by atoms with Gasteiger partial charge in [-0.25, -0.2) is 4.68 Å². The van der Waals surface area contributed by atoms with Crippen molar-refractivity contribution < 1.29 is 14.3 Å². The third kappa shape index (κ3) is 4.35. The van der Waals surface area contributed by atoms with E-state index in [1.165, 1.54) is 11.3 Å². The van der Waals surface area contributed by atoms with Crippen molar-refractivity contribution in [3.63, 3.8) is 0 Å². The fourth-order valence-corrected chi connectivity index (χ4v) is 2.20. The first-order valence-corrected chi connectivity index (χ1v) is 7.31. The Kier molecular flexibility index (Phi) is 5.38. The summed E-state index contributed by atoms with van der Waals surface area (Å²) in [6.07, 6.45) is 0.878. The van der Waals surface area contributed by atoms with Crippen molar-refractivity contribution in [1.29, 1.82) is 0 Å². The molecule has 0 unspecified atom stereocenters. The number of ether oxygens (including phenoxy) is 1. The lowest BCUT2D eigenvalue weighted by Crippen LogP contribution is -2.30. The molecule has 0 atom stereocenters. The molecular formula is C12H15N5O3S. The number of nitrogens with one attached hydrogen (secondary N) is 1. The van der Waals surface area contributed by atoms with Crippen LogP contribution in [-0.2, 0) is 22.7 Å². The number of tetrazole rings is 1. The number of aromatic nitrogens is 4. The van der Waals surface area contributed by atoms with E-state index >= 15 is 0 Å². The molecule has 0 saturated heterocycles. The number of thiophene rings is 1. The van der Waals surface area contributed by atoms with Gasteiger partial charge in [-0.05, 0) is 28.3 Å². The van der Waals surface area contributed by atoms with Gasteiger partial charge in [-0.1, -0.05) is 13.0 Å². The predicted octanol–water partition coefficient (Wildman–Crippen LogP) is 0.618. The van der Waals surface area contributed by atoms with Gasteiger partial charge in [0.05, 0.1) is 4.88 Å². The Hall–Kier alpha value is -2.29. The molecule has 0 bridgehead atoms. The van der Waals surface area contributed by atoms with Crippen LogP contribution in [0, 0.1) is 0 Å². The van der Waals surface area contributed by atoms with E-state index in [0.29, 0.717) is 17.2 Å². The smallest absolute Gasteiger partial charge is 0.325 e. The summed E-state index contributed by atoms with van der Waals surface area (Å²) in [7, 11) is 0. The van der Waals surface area contributed by atoms with Gasteiger partial charge in [-0.15, -0.1) is 16.4 Å². The summed E-state index contributed by atoms with van der Waals surface area (Å²) >= 11 is 1.31. The summed E-state index contributed by atoms with van der Waals surface area (Å²) < 4.78 is 6.61. The zero-order valence-electron chi connectivity index (χ0n) is 11.5. The molecule has 2 aromatic heterocycles. The average molecular weight is 309 g/mol. The van der Waals surface area contributed by atoms with Gasteiger partial charge < -0.3 is 10.1 Å². The molecule has 0 spiro atoms. The molecule has 0 fully saturated rings. The lowest BCUT2D eigenvalue weighted by Gasteiger charge is -2.06. The summed E-state index contributed by atoms with van der Waals surface area (Å²) in [5, 5.41) is 15.4. The van der Waals surface area contributed by atoms with Crippen LogP contribution in [-0.4, -0.2) is 38.6 Å². The second-order valence-electron chi connectivity index (χ2n) is 4.14. The minimum Gasteiger partial charge on any atom is -0.456 e. The number of amides is 1. The Bertz CT molecular complexity index is 596. The van der Waals surface area contributed by atoms with Crippen LogP contribution < -0.4 is 5.32 Å². The average Bonchev–Trinajstić information content (AvgIpc) is 3.14. The number of hydrogen-bond donors (Lipinski definition) is 1. The fraction of sp³-hybridized carbons (Fsp3) is 0.417. The minimum absolute atomic E-state index is 0.0132. The predicted molar refractivity (Wildman–Crippen MR) is 74.6 cm³/mol. The van der Waals surface area contributed by atoms with Gasteiger partial charge in [-0.2, -0.15) is 0 Å². The first-order chi connectivity index (χ1) is 10.2. The van der Waals surface area contributed by atoms with E-state index in [9.17, 15) is 9.59 Å². The second kappa shape index (κ2) is 7.48. The highest BCUT2D eigenvalue weighted by Crippen LogP contribution is 2.07. The summed E-state index contributed by atoms with van der Waals surface area (Å²) in [6, 6.07) is 3.45. The number of esters is 1. The van der Waals surface area contributed by atoms with Crippen molar-refractivity contribution in [2.45, 2.75) is 26.5 Å². The molecule has 0 radical (unpaired) electrons. The van der Waals surface area contributed by atoms with E-state index in [-0.39, 0.29) is 19.1 Å². The first-order valence-electron chi connectivity index (χ1n) is 6.43. The maximum absolute atomic E-state index is 11.6. The molecule has 2 rings (SSSR count). The molecule has 1 N–H and O–H groups in total. The highest BCUT2D eigenvalue weighted by molar-refractivity contribution is 7.12. The maximum Gasteiger partial charge on any atom is 0.325 e. The first kappa shape index (κ1) is 15.1. The van der Waals surface area contributed by atoms with Crippen molar-refractivity contribution in [3.05, 3.63) is 28.2 Å². The second-order valence-corrected chi connectivity index (χ2v) is 5.09. The van der Waals surface area contributed by atoms with Crippen molar-refractivity contribution in [3.8, 4) is 0 Å². The van der Waals surface area contributed by atoms with Gasteiger partial charge in [0.15, 0.2) is 12.4 Å². The van der Waals surface area contributed by atoms with E-state index in [2.05, 4.69) is 20.8 Å². The highest BCUT2D eigenvalue weighted by atomic mass is 32.1. The van der Waals surface area contributed by atoms with Gasteiger partial charge in [0, 0.05) is 6.54 Å². The highest BCUT2D eigenvalue weighted by Gasteiger charge is 2.11. The molecule has 0 aliphatic rings. The van der Waals surface area contributed by atoms with Gasteiger partial charge in [0.2, 0.25) is 0 Å². The molecular weight excluding hydrogens is 294 g/mol. The number of nitrogens with zero attached hydrogens (tertiary/aromatic N) is 4. The van der Waals surface area contributed by atoms with Crippen LogP contribution in [0.15, 0.2) is 17.5 Å². The lowest BCUT2D eigenvalue weighted by atomic mass is 10.4. The maximum atomic E-state index is 11.6. The van der Waals surface area contributed by atoms with Gasteiger partial charge >= 0.3 is 5.97 Å². The molecule has 0 aliphatic carbocycles. The minimum atomic E-state index is -0.536. The summed E-state index contributed by atoms with van der Waals surface area (Å²) in [4.78, 5) is 23.8. The van der Waals surface area contributed by atoms with Crippen LogP contribution in [0.1, 0.15) is 28.8 Å². The number of carbonyl (C=O) groups excluding carboxylic acids is 2. The monoisotopic (exact) mass is 309 g/mol. The molecule has 0 saturated carbocycles. The standard InChI is InChI=1S/C12H15N5O3S/c1-2-5-17-10(14-15-16-17)8-20-11(18)7-13-12(19)9-4-3-6-21-9/h3-4,6H,2,5,7-8H2,1H3,(H,13,19). The van der Waals surface area contributed by atoms with Gasteiger partial charge in [0.25, 0.3) is 5.91 Å². The molecule has 0 aliphatic heterocycles. The van der Waals surface area contributed by atoms with E-state index in [1.54, 1.807) is 22.2 Å². The van der Waals surface area contributed by atoms with Crippen molar-refractivity contribution >= 4 is 23.2 Å². The summed E-state index contributed by atoms with van der Waals surface area (Å²) in [5.74, 6) is -0.349. The molecule has 0 aromatic carbocycles. The quantitative estimate of drug-likeness (QED) is 0.753. The number of rotatable bonds is 7. The van der Waals surface area contributed by atoms with Gasteiger partial charge in [0.1, 0.15) is 6.54 Å². The van der Waals surface area contributed by atoms with Crippen LogP contribution in [0.3, 0.4) is 0 Å². The molecule has 1 amide bonds.